The highest BCUT2D eigenvalue weighted by molar-refractivity contribution is 7.90. The van der Waals surface area contributed by atoms with Crippen LogP contribution in [0.5, 0.6) is 0 Å². The average Bonchev–Trinajstić information content (AvgIpc) is 2.44. The number of carboxylic acids is 1. The number of aliphatic carboxylic acids is 1. The monoisotopic (exact) mass is 378 g/mol. The van der Waals surface area contributed by atoms with Crippen LogP contribution in [-0.2, 0) is 24.8 Å². The first kappa shape index (κ1) is 20.6. The number of rotatable bonds is 10. The lowest BCUT2D eigenvalue weighted by molar-refractivity contribution is -0.137. The summed E-state index contributed by atoms with van der Waals surface area (Å²) in [4.78, 5) is 10.6. The van der Waals surface area contributed by atoms with Crippen molar-refractivity contribution in [2.45, 2.75) is 37.1 Å². The molecule has 0 aliphatic carbocycles. The molecule has 0 bridgehead atoms. The van der Waals surface area contributed by atoms with Gasteiger partial charge in [-0.1, -0.05) is 18.2 Å². The Hall–Kier alpha value is -1.49. The van der Waals surface area contributed by atoms with Crippen LogP contribution in [0.4, 0.5) is 0 Å². The Morgan fingerprint density at radius 2 is 1.71 bits per heavy atom. The Bertz CT molecular complexity index is 758. The van der Waals surface area contributed by atoms with Gasteiger partial charge in [0.15, 0.2) is 0 Å². The van der Waals surface area contributed by atoms with Gasteiger partial charge in [-0.05, 0) is 32.4 Å². The van der Waals surface area contributed by atoms with E-state index in [1.54, 1.807) is 32.0 Å². The molecule has 10 heteroatoms. The molecule has 0 aliphatic rings. The van der Waals surface area contributed by atoms with Gasteiger partial charge < -0.3 is 5.11 Å². The smallest absolute Gasteiger partial charge is 0.303 e. The molecule has 0 saturated carbocycles. The summed E-state index contributed by atoms with van der Waals surface area (Å²) in [5.41, 5.74) is -0.935. The van der Waals surface area contributed by atoms with E-state index in [-0.39, 0.29) is 24.3 Å². The van der Waals surface area contributed by atoms with E-state index in [4.69, 9.17) is 5.11 Å². The number of hydrogen-bond donors (Lipinski definition) is 3. The van der Waals surface area contributed by atoms with Gasteiger partial charge in [0.05, 0.1) is 10.6 Å². The summed E-state index contributed by atoms with van der Waals surface area (Å²) in [7, 11) is -7.53. The summed E-state index contributed by atoms with van der Waals surface area (Å²) >= 11 is 0. The normalized spacial score (nSPS) is 12.9. The summed E-state index contributed by atoms with van der Waals surface area (Å²) in [5, 5.41) is 8.66. The third kappa shape index (κ3) is 7.39. The Balaban J connectivity index is 2.58. The molecule has 0 atom stereocenters. The maximum Gasteiger partial charge on any atom is 0.303 e. The second kappa shape index (κ2) is 8.06. The summed E-state index contributed by atoms with van der Waals surface area (Å²) in [6.45, 7) is 2.85. The SMILES string of the molecule is CC(C)(CCC(=O)O)NS(=O)(=O)CCNS(=O)(=O)c1ccccc1. The minimum absolute atomic E-state index is 0.0529. The van der Waals surface area contributed by atoms with Crippen molar-refractivity contribution in [1.82, 2.24) is 9.44 Å². The van der Waals surface area contributed by atoms with Crippen LogP contribution in [0.2, 0.25) is 0 Å². The minimum atomic E-state index is -3.77. The van der Waals surface area contributed by atoms with Gasteiger partial charge in [0.1, 0.15) is 0 Å². The molecule has 1 rings (SSSR count). The highest BCUT2D eigenvalue weighted by Crippen LogP contribution is 2.13. The molecule has 0 amide bonds. The van der Waals surface area contributed by atoms with E-state index in [2.05, 4.69) is 9.44 Å². The van der Waals surface area contributed by atoms with Crippen LogP contribution in [0.3, 0.4) is 0 Å². The largest absolute Gasteiger partial charge is 0.481 e. The molecule has 0 spiro atoms. The Labute approximate surface area is 142 Å². The van der Waals surface area contributed by atoms with Crippen LogP contribution in [0.1, 0.15) is 26.7 Å². The van der Waals surface area contributed by atoms with Crippen molar-refractivity contribution in [3.05, 3.63) is 30.3 Å². The first-order valence-corrected chi connectivity index (χ1v) is 10.4. The minimum Gasteiger partial charge on any atom is -0.481 e. The van der Waals surface area contributed by atoms with Gasteiger partial charge in [-0.3, -0.25) is 4.79 Å². The molecule has 1 aromatic rings. The van der Waals surface area contributed by atoms with Crippen molar-refractivity contribution in [2.24, 2.45) is 0 Å². The summed E-state index contributed by atoms with van der Waals surface area (Å²) in [6, 6.07) is 7.62. The highest BCUT2D eigenvalue weighted by atomic mass is 32.2. The topological polar surface area (TPSA) is 130 Å². The zero-order valence-electron chi connectivity index (χ0n) is 13.5. The highest BCUT2D eigenvalue weighted by Gasteiger charge is 2.25. The van der Waals surface area contributed by atoms with E-state index in [1.165, 1.54) is 12.1 Å². The van der Waals surface area contributed by atoms with Crippen molar-refractivity contribution in [1.29, 1.82) is 0 Å². The third-order valence-electron chi connectivity index (χ3n) is 3.11. The lowest BCUT2D eigenvalue weighted by atomic mass is 10.0. The number of sulfonamides is 2. The molecule has 8 nitrogen and oxygen atoms in total. The van der Waals surface area contributed by atoms with E-state index < -0.39 is 37.3 Å². The van der Waals surface area contributed by atoms with Crippen molar-refractivity contribution in [3.63, 3.8) is 0 Å². The summed E-state index contributed by atoms with van der Waals surface area (Å²) < 4.78 is 52.6. The zero-order chi connectivity index (χ0) is 18.4. The zero-order valence-corrected chi connectivity index (χ0v) is 15.2. The third-order valence-corrected chi connectivity index (χ3v) is 6.19. The van der Waals surface area contributed by atoms with Gasteiger partial charge >= 0.3 is 5.97 Å². The van der Waals surface area contributed by atoms with Crippen molar-refractivity contribution >= 4 is 26.0 Å². The van der Waals surface area contributed by atoms with Gasteiger partial charge in [0.25, 0.3) is 0 Å². The number of carbonyl (C=O) groups is 1. The Kier molecular flexibility index (Phi) is 6.90. The van der Waals surface area contributed by atoms with E-state index in [9.17, 15) is 21.6 Å². The molecule has 0 unspecified atom stereocenters. The van der Waals surface area contributed by atoms with E-state index in [0.29, 0.717) is 0 Å². The van der Waals surface area contributed by atoms with E-state index >= 15 is 0 Å². The van der Waals surface area contributed by atoms with Crippen LogP contribution >= 0.6 is 0 Å². The molecule has 0 fully saturated rings. The quantitative estimate of drug-likeness (QED) is 0.544. The van der Waals surface area contributed by atoms with Crippen LogP contribution in [-0.4, -0.2) is 45.7 Å². The lowest BCUT2D eigenvalue weighted by Crippen LogP contribution is -2.46. The predicted molar refractivity (Wildman–Crippen MR) is 89.5 cm³/mol. The van der Waals surface area contributed by atoms with Gasteiger partial charge in [0, 0.05) is 18.5 Å². The molecule has 0 heterocycles. The lowest BCUT2D eigenvalue weighted by Gasteiger charge is -2.25. The summed E-state index contributed by atoms with van der Waals surface area (Å²) in [6.07, 6.45) is -0.0482. The van der Waals surface area contributed by atoms with Gasteiger partial charge in [-0.2, -0.15) is 0 Å². The fourth-order valence-corrected chi connectivity index (χ4v) is 4.53. The molecule has 136 valence electrons. The molecule has 0 aliphatic heterocycles. The van der Waals surface area contributed by atoms with Crippen molar-refractivity contribution < 1.29 is 26.7 Å². The molecule has 1 aromatic carbocycles. The Morgan fingerprint density at radius 1 is 1.12 bits per heavy atom. The number of carboxylic acid groups (broad SMARTS) is 1. The van der Waals surface area contributed by atoms with Gasteiger partial charge in [-0.25, -0.2) is 26.3 Å². The first-order valence-electron chi connectivity index (χ1n) is 7.22. The van der Waals surface area contributed by atoms with Crippen molar-refractivity contribution in [2.75, 3.05) is 12.3 Å². The molecular formula is C14H22N2O6S2. The van der Waals surface area contributed by atoms with Gasteiger partial charge in [0.2, 0.25) is 20.0 Å². The molecule has 24 heavy (non-hydrogen) atoms. The van der Waals surface area contributed by atoms with Crippen LogP contribution in [0.25, 0.3) is 0 Å². The van der Waals surface area contributed by atoms with Crippen LogP contribution in [0.15, 0.2) is 35.2 Å². The molecule has 3 N–H and O–H groups in total. The maximum absolute atomic E-state index is 12.0. The second-order valence-corrected chi connectivity index (χ2v) is 9.52. The predicted octanol–water partition coefficient (Wildman–Crippen LogP) is 0.528. The molecule has 0 radical (unpaired) electrons. The standard InChI is InChI=1S/C14H22N2O6S2/c1-14(2,9-8-13(17)18)16-23(19,20)11-10-15-24(21,22)12-6-4-3-5-7-12/h3-7,15-16H,8-11H2,1-2H3,(H,17,18). The summed E-state index contributed by atoms with van der Waals surface area (Å²) in [5.74, 6) is -1.46. The second-order valence-electron chi connectivity index (χ2n) is 5.91. The number of benzene rings is 1. The fourth-order valence-electron chi connectivity index (χ4n) is 1.94. The van der Waals surface area contributed by atoms with Crippen molar-refractivity contribution in [3.8, 4) is 0 Å². The van der Waals surface area contributed by atoms with E-state index in [1.807, 2.05) is 0 Å². The first-order chi connectivity index (χ1) is 10.9. The Morgan fingerprint density at radius 3 is 2.25 bits per heavy atom. The molecule has 0 aromatic heterocycles. The maximum atomic E-state index is 12.0. The number of hydrogen-bond acceptors (Lipinski definition) is 5. The van der Waals surface area contributed by atoms with E-state index in [0.717, 1.165) is 0 Å². The van der Waals surface area contributed by atoms with Crippen LogP contribution < -0.4 is 9.44 Å². The molecular weight excluding hydrogens is 356 g/mol. The number of nitrogens with one attached hydrogen (secondary N) is 2. The molecule has 0 saturated heterocycles. The fraction of sp³-hybridized carbons (Fsp3) is 0.500. The van der Waals surface area contributed by atoms with Crippen LogP contribution in [0, 0.1) is 0 Å². The average molecular weight is 378 g/mol. The van der Waals surface area contributed by atoms with Gasteiger partial charge in [-0.15, -0.1) is 0 Å².